The zero-order chi connectivity index (χ0) is 27.9. The highest BCUT2D eigenvalue weighted by Gasteiger charge is 2.32. The first kappa shape index (κ1) is 28.6. The molecular weight excluding hydrogens is 516 g/mol. The molecule has 1 atom stereocenters. The summed E-state index contributed by atoms with van der Waals surface area (Å²) >= 11 is 0. The summed E-state index contributed by atoms with van der Waals surface area (Å²) in [6, 6.07) is 15.0. The van der Waals surface area contributed by atoms with Crippen LogP contribution in [0.3, 0.4) is 0 Å². The van der Waals surface area contributed by atoms with Crippen LogP contribution in [0.4, 0.5) is 14.5 Å². The van der Waals surface area contributed by atoms with Gasteiger partial charge in [-0.25, -0.2) is 17.2 Å². The zero-order valence-electron chi connectivity index (χ0n) is 21.2. The number of anilines is 1. The summed E-state index contributed by atoms with van der Waals surface area (Å²) in [7, 11) is -2.93. The van der Waals surface area contributed by atoms with Crippen molar-refractivity contribution in [3.63, 3.8) is 0 Å². The Balaban J connectivity index is 2.02. The third-order valence-electron chi connectivity index (χ3n) is 5.83. The topological polar surface area (TPSA) is 96.0 Å². The number of likely N-dealkylation sites (N-methyl/N-ethyl adjacent to an activating group) is 1. The van der Waals surface area contributed by atoms with E-state index in [1.165, 1.54) is 68.6 Å². The Morgan fingerprint density at radius 1 is 0.974 bits per heavy atom. The van der Waals surface area contributed by atoms with E-state index >= 15 is 0 Å². The number of amides is 2. The van der Waals surface area contributed by atoms with Gasteiger partial charge in [-0.15, -0.1) is 0 Å². The summed E-state index contributed by atoms with van der Waals surface area (Å²) in [5.41, 5.74) is 0.186. The van der Waals surface area contributed by atoms with E-state index in [4.69, 9.17) is 4.74 Å². The SMILES string of the molecule is CCOc1ccc(S(=O)(=O)N(CC(=O)N(Cc2ccccc2F)[C@@H](C)C(=O)NC)c2ccc(F)cc2)cc1. The minimum absolute atomic E-state index is 0.0343. The summed E-state index contributed by atoms with van der Waals surface area (Å²) < 4.78 is 61.7. The van der Waals surface area contributed by atoms with Crippen LogP contribution in [0.5, 0.6) is 5.75 Å². The molecule has 202 valence electrons. The van der Waals surface area contributed by atoms with Crippen LogP contribution in [0.15, 0.2) is 77.7 Å². The average molecular weight is 546 g/mol. The number of carbonyl (C=O) groups excluding carboxylic acids is 2. The largest absolute Gasteiger partial charge is 0.494 e. The Morgan fingerprint density at radius 2 is 1.61 bits per heavy atom. The van der Waals surface area contributed by atoms with Crippen molar-refractivity contribution < 1.29 is 31.5 Å². The highest BCUT2D eigenvalue weighted by molar-refractivity contribution is 7.92. The highest BCUT2D eigenvalue weighted by atomic mass is 32.2. The Labute approximate surface area is 220 Å². The Bertz CT molecular complexity index is 1370. The molecule has 38 heavy (non-hydrogen) atoms. The Hall–Kier alpha value is -3.99. The second kappa shape index (κ2) is 12.5. The molecule has 0 spiro atoms. The smallest absolute Gasteiger partial charge is 0.264 e. The maximum Gasteiger partial charge on any atom is 0.264 e. The molecule has 3 aromatic rings. The predicted molar refractivity (Wildman–Crippen MR) is 139 cm³/mol. The summed E-state index contributed by atoms with van der Waals surface area (Å²) in [6.45, 7) is 2.64. The molecule has 3 rings (SSSR count). The molecule has 2 amide bonds. The summed E-state index contributed by atoms with van der Waals surface area (Å²) in [5.74, 6) is -1.98. The van der Waals surface area contributed by atoms with Gasteiger partial charge >= 0.3 is 0 Å². The molecule has 0 fully saturated rings. The molecule has 0 radical (unpaired) electrons. The van der Waals surface area contributed by atoms with Crippen LogP contribution in [-0.4, -0.2) is 51.4 Å². The van der Waals surface area contributed by atoms with E-state index in [1.54, 1.807) is 13.0 Å². The van der Waals surface area contributed by atoms with Crippen LogP contribution in [-0.2, 0) is 26.2 Å². The second-order valence-corrected chi connectivity index (χ2v) is 10.2. The maximum atomic E-state index is 14.4. The lowest BCUT2D eigenvalue weighted by molar-refractivity contribution is -0.139. The molecule has 0 unspecified atom stereocenters. The van der Waals surface area contributed by atoms with Crippen molar-refractivity contribution in [1.29, 1.82) is 0 Å². The molecule has 0 aliphatic rings. The number of ether oxygens (including phenoxy) is 1. The van der Waals surface area contributed by atoms with Gasteiger partial charge in [0.1, 0.15) is 30.0 Å². The number of sulfonamides is 1. The molecule has 1 N–H and O–H groups in total. The van der Waals surface area contributed by atoms with Gasteiger partial charge in [0.15, 0.2) is 0 Å². The van der Waals surface area contributed by atoms with Gasteiger partial charge in [0.05, 0.1) is 17.2 Å². The number of halogens is 2. The molecular formula is C27H29F2N3O5S. The fraction of sp³-hybridized carbons (Fsp3) is 0.259. The van der Waals surface area contributed by atoms with E-state index < -0.39 is 46.1 Å². The predicted octanol–water partition coefficient (Wildman–Crippen LogP) is 3.72. The monoisotopic (exact) mass is 545 g/mol. The minimum atomic E-state index is -4.33. The fourth-order valence-corrected chi connectivity index (χ4v) is 5.15. The van der Waals surface area contributed by atoms with Crippen LogP contribution in [0, 0.1) is 11.6 Å². The first-order valence-corrected chi connectivity index (χ1v) is 13.3. The van der Waals surface area contributed by atoms with Crippen LogP contribution < -0.4 is 14.4 Å². The first-order valence-electron chi connectivity index (χ1n) is 11.8. The van der Waals surface area contributed by atoms with E-state index in [1.807, 2.05) is 0 Å². The van der Waals surface area contributed by atoms with Crippen molar-refractivity contribution in [2.45, 2.75) is 31.3 Å². The number of carbonyl (C=O) groups is 2. The fourth-order valence-electron chi connectivity index (χ4n) is 3.74. The summed E-state index contributed by atoms with van der Waals surface area (Å²) in [6.07, 6.45) is 0. The number of benzene rings is 3. The molecule has 0 saturated carbocycles. The van der Waals surface area contributed by atoms with Crippen molar-refractivity contribution >= 4 is 27.5 Å². The average Bonchev–Trinajstić information content (AvgIpc) is 2.91. The molecule has 0 saturated heterocycles. The van der Waals surface area contributed by atoms with Crippen LogP contribution in [0.25, 0.3) is 0 Å². The van der Waals surface area contributed by atoms with Gasteiger partial charge in [-0.2, -0.15) is 0 Å². The third kappa shape index (κ3) is 6.65. The van der Waals surface area contributed by atoms with E-state index in [0.29, 0.717) is 12.4 Å². The van der Waals surface area contributed by atoms with Crippen LogP contribution in [0.1, 0.15) is 19.4 Å². The summed E-state index contributed by atoms with van der Waals surface area (Å²) in [5, 5.41) is 2.45. The lowest BCUT2D eigenvalue weighted by Crippen LogP contribution is -2.50. The van der Waals surface area contributed by atoms with Crippen LogP contribution in [0.2, 0.25) is 0 Å². The van der Waals surface area contributed by atoms with Gasteiger partial charge in [0, 0.05) is 19.2 Å². The van der Waals surface area contributed by atoms with Gasteiger partial charge in [-0.05, 0) is 68.4 Å². The van der Waals surface area contributed by atoms with Crippen molar-refractivity contribution in [1.82, 2.24) is 10.2 Å². The molecule has 0 heterocycles. The quantitative estimate of drug-likeness (QED) is 0.396. The normalized spacial score (nSPS) is 11.9. The van der Waals surface area contributed by atoms with Crippen molar-refractivity contribution in [3.05, 3.63) is 90.0 Å². The third-order valence-corrected chi connectivity index (χ3v) is 7.62. The summed E-state index contributed by atoms with van der Waals surface area (Å²) in [4.78, 5) is 27.0. The molecule has 0 bridgehead atoms. The van der Waals surface area contributed by atoms with Crippen LogP contribution >= 0.6 is 0 Å². The molecule has 8 nitrogen and oxygen atoms in total. The molecule has 0 aromatic heterocycles. The van der Waals surface area contributed by atoms with Gasteiger partial charge in [0.25, 0.3) is 10.0 Å². The molecule has 0 aliphatic heterocycles. The van der Waals surface area contributed by atoms with E-state index in [0.717, 1.165) is 21.3 Å². The van der Waals surface area contributed by atoms with Gasteiger partial charge < -0.3 is 15.0 Å². The van der Waals surface area contributed by atoms with E-state index in [9.17, 15) is 26.8 Å². The van der Waals surface area contributed by atoms with Crippen molar-refractivity contribution in [2.75, 3.05) is 24.5 Å². The maximum absolute atomic E-state index is 14.4. The van der Waals surface area contributed by atoms with Crippen molar-refractivity contribution in [2.24, 2.45) is 0 Å². The molecule has 11 heteroatoms. The molecule has 3 aromatic carbocycles. The van der Waals surface area contributed by atoms with Gasteiger partial charge in [0.2, 0.25) is 11.8 Å². The number of rotatable bonds is 11. The number of nitrogens with zero attached hydrogens (tertiary/aromatic N) is 2. The highest BCUT2D eigenvalue weighted by Crippen LogP contribution is 2.26. The second-order valence-electron chi connectivity index (χ2n) is 8.30. The Kier molecular flexibility index (Phi) is 9.40. The zero-order valence-corrected chi connectivity index (χ0v) is 22.0. The van der Waals surface area contributed by atoms with E-state index in [-0.39, 0.29) is 22.7 Å². The van der Waals surface area contributed by atoms with Gasteiger partial charge in [-0.1, -0.05) is 18.2 Å². The lowest BCUT2D eigenvalue weighted by Gasteiger charge is -2.31. The van der Waals surface area contributed by atoms with Crippen molar-refractivity contribution in [3.8, 4) is 5.75 Å². The number of hydrogen-bond acceptors (Lipinski definition) is 5. The standard InChI is InChI=1S/C27H29F2N3O5S/c1-4-37-23-13-15-24(16-14-23)38(35,36)32(22-11-9-21(28)10-12-22)18-26(33)31(19(2)27(34)30-3)17-20-7-5-6-8-25(20)29/h5-16,19H,4,17-18H2,1-3H3,(H,30,34)/t19-/m0/s1. The van der Waals surface area contributed by atoms with Gasteiger partial charge in [-0.3, -0.25) is 13.9 Å². The number of hydrogen-bond donors (Lipinski definition) is 1. The molecule has 0 aliphatic carbocycles. The number of nitrogens with one attached hydrogen (secondary N) is 1. The lowest BCUT2D eigenvalue weighted by atomic mass is 10.1. The van der Waals surface area contributed by atoms with E-state index in [2.05, 4.69) is 5.32 Å². The first-order chi connectivity index (χ1) is 18.1. The minimum Gasteiger partial charge on any atom is -0.494 e. The Morgan fingerprint density at radius 3 is 2.18 bits per heavy atom.